The minimum Gasteiger partial charge on any atom is -0.450 e. The second-order valence-electron chi connectivity index (χ2n) is 3.18. The molecule has 0 aliphatic carbocycles. The molecule has 0 aromatic heterocycles. The van der Waals surface area contributed by atoms with Gasteiger partial charge in [0.15, 0.2) is 0 Å². The highest BCUT2D eigenvalue weighted by Gasteiger charge is 1.98. The molecular weight excluding hydrogens is 210 g/mol. The summed E-state index contributed by atoms with van der Waals surface area (Å²) in [6.07, 6.45) is 8.05. The van der Waals surface area contributed by atoms with Gasteiger partial charge in [0.25, 0.3) is 0 Å². The van der Waals surface area contributed by atoms with Crippen LogP contribution in [0.15, 0.2) is 11.5 Å². The predicted octanol–water partition coefficient (Wildman–Crippen LogP) is 3.17. The third-order valence-electron chi connectivity index (χ3n) is 1.83. The molecule has 0 rings (SSSR count). The largest absolute Gasteiger partial charge is 0.450 e. The molecule has 0 fully saturated rings. The van der Waals surface area contributed by atoms with Crippen molar-refractivity contribution in [1.82, 2.24) is 5.32 Å². The number of ether oxygens (including phenoxy) is 1. The van der Waals surface area contributed by atoms with Gasteiger partial charge in [-0.15, -0.1) is 11.8 Å². The van der Waals surface area contributed by atoms with Crippen LogP contribution in [0, 0.1) is 0 Å². The smallest absolute Gasteiger partial charge is 0.407 e. The van der Waals surface area contributed by atoms with Crippen LogP contribution in [-0.2, 0) is 4.74 Å². The maximum Gasteiger partial charge on any atom is 0.407 e. The second-order valence-corrected chi connectivity index (χ2v) is 3.93. The van der Waals surface area contributed by atoms with E-state index in [0.29, 0.717) is 13.2 Å². The lowest BCUT2D eigenvalue weighted by molar-refractivity contribution is 0.145. The van der Waals surface area contributed by atoms with E-state index < -0.39 is 0 Å². The molecule has 88 valence electrons. The topological polar surface area (TPSA) is 38.3 Å². The third kappa shape index (κ3) is 11.3. The molecule has 0 aliphatic rings. The van der Waals surface area contributed by atoms with Gasteiger partial charge in [-0.2, -0.15) is 0 Å². The second kappa shape index (κ2) is 11.4. The van der Waals surface area contributed by atoms with Crippen molar-refractivity contribution in [3.63, 3.8) is 0 Å². The molecule has 15 heavy (non-hydrogen) atoms. The zero-order valence-electron chi connectivity index (χ0n) is 9.62. The fourth-order valence-corrected chi connectivity index (χ4v) is 1.32. The molecule has 3 nitrogen and oxygen atoms in total. The number of hydrogen-bond acceptors (Lipinski definition) is 3. The minimum atomic E-state index is -0.322. The summed E-state index contributed by atoms with van der Waals surface area (Å²) in [4.78, 5) is 11.1. The molecule has 0 aliphatic heterocycles. The van der Waals surface area contributed by atoms with Crippen LogP contribution in [0.25, 0.3) is 0 Å². The first-order chi connectivity index (χ1) is 7.31. The molecule has 0 heterocycles. The first kappa shape index (κ1) is 14.4. The van der Waals surface area contributed by atoms with E-state index in [1.54, 1.807) is 11.8 Å². The number of alkyl carbamates (subject to hydrolysis) is 1. The summed E-state index contributed by atoms with van der Waals surface area (Å²) < 4.78 is 4.98. The molecule has 0 saturated carbocycles. The van der Waals surface area contributed by atoms with E-state index in [-0.39, 0.29) is 6.09 Å². The van der Waals surface area contributed by atoms with Gasteiger partial charge in [-0.05, 0) is 18.1 Å². The van der Waals surface area contributed by atoms with Crippen LogP contribution in [0.1, 0.15) is 32.6 Å². The summed E-state index contributed by atoms with van der Waals surface area (Å²) >= 11 is 1.61. The Kier molecular flexibility index (Phi) is 10.9. The van der Waals surface area contributed by atoms with Gasteiger partial charge in [0.1, 0.15) is 0 Å². The highest BCUT2D eigenvalue weighted by atomic mass is 32.2. The van der Waals surface area contributed by atoms with Gasteiger partial charge in [-0.25, -0.2) is 4.79 Å². The van der Waals surface area contributed by atoms with E-state index in [9.17, 15) is 4.79 Å². The molecule has 0 bridgehead atoms. The number of amides is 1. The normalized spacial score (nSPS) is 10.5. The van der Waals surface area contributed by atoms with Crippen molar-refractivity contribution in [2.45, 2.75) is 32.6 Å². The van der Waals surface area contributed by atoms with Crippen molar-refractivity contribution in [3.8, 4) is 0 Å². The van der Waals surface area contributed by atoms with Crippen LogP contribution in [0.4, 0.5) is 4.79 Å². The van der Waals surface area contributed by atoms with Crippen LogP contribution in [0.2, 0.25) is 0 Å². The van der Waals surface area contributed by atoms with Gasteiger partial charge >= 0.3 is 6.09 Å². The molecular formula is C11H21NO2S. The molecule has 1 amide bonds. The van der Waals surface area contributed by atoms with E-state index in [4.69, 9.17) is 4.74 Å². The number of carbonyl (C=O) groups excluding carboxylic acids is 1. The van der Waals surface area contributed by atoms with Gasteiger partial charge in [0.05, 0.1) is 6.61 Å². The lowest BCUT2D eigenvalue weighted by Gasteiger charge is -2.04. The van der Waals surface area contributed by atoms with Gasteiger partial charge in [0, 0.05) is 6.54 Å². The van der Waals surface area contributed by atoms with Crippen LogP contribution < -0.4 is 5.32 Å². The molecule has 0 aromatic rings. The monoisotopic (exact) mass is 231 g/mol. The zero-order chi connectivity index (χ0) is 11.4. The molecule has 0 aromatic carbocycles. The quantitative estimate of drug-likeness (QED) is 0.652. The molecule has 0 atom stereocenters. The summed E-state index contributed by atoms with van der Waals surface area (Å²) in [6.45, 7) is 3.22. The average Bonchev–Trinajstić information content (AvgIpc) is 2.24. The summed E-state index contributed by atoms with van der Waals surface area (Å²) in [5, 5.41) is 4.58. The number of nitrogens with one attached hydrogen (secondary N) is 1. The maximum absolute atomic E-state index is 11.1. The summed E-state index contributed by atoms with van der Waals surface area (Å²) in [6, 6.07) is 0. The Hall–Kier alpha value is -0.640. The summed E-state index contributed by atoms with van der Waals surface area (Å²) in [7, 11) is 0. The van der Waals surface area contributed by atoms with Gasteiger partial charge < -0.3 is 10.1 Å². The Morgan fingerprint density at radius 3 is 2.87 bits per heavy atom. The first-order valence-corrected chi connectivity index (χ1v) is 6.68. The molecule has 0 saturated heterocycles. The Balaban J connectivity index is 3.22. The molecule has 1 N–H and O–H groups in total. The van der Waals surface area contributed by atoms with Crippen molar-refractivity contribution >= 4 is 17.9 Å². The lowest BCUT2D eigenvalue weighted by Crippen LogP contribution is -2.24. The first-order valence-electron chi connectivity index (χ1n) is 5.39. The number of hydrogen-bond donors (Lipinski definition) is 1. The number of carbonyl (C=O) groups is 1. The minimum absolute atomic E-state index is 0.322. The van der Waals surface area contributed by atoms with Crippen molar-refractivity contribution in [1.29, 1.82) is 0 Å². The summed E-state index contributed by atoms with van der Waals surface area (Å²) in [5.41, 5.74) is 0. The number of rotatable bonds is 8. The van der Waals surface area contributed by atoms with E-state index in [1.807, 2.05) is 17.7 Å². The Labute approximate surface area is 96.6 Å². The van der Waals surface area contributed by atoms with Gasteiger partial charge in [-0.3, -0.25) is 0 Å². The highest BCUT2D eigenvalue weighted by molar-refractivity contribution is 8.01. The van der Waals surface area contributed by atoms with E-state index in [2.05, 4.69) is 12.2 Å². The maximum atomic E-state index is 11.1. The molecule has 0 unspecified atom stereocenters. The number of thioether (sulfide) groups is 1. The number of unbranched alkanes of at least 4 members (excludes halogenated alkanes) is 3. The fraction of sp³-hybridized carbons (Fsp3) is 0.727. The van der Waals surface area contributed by atoms with Crippen molar-refractivity contribution < 1.29 is 9.53 Å². The van der Waals surface area contributed by atoms with Crippen molar-refractivity contribution in [2.24, 2.45) is 0 Å². The highest BCUT2D eigenvalue weighted by Crippen LogP contribution is 1.98. The Morgan fingerprint density at radius 1 is 1.40 bits per heavy atom. The zero-order valence-corrected chi connectivity index (χ0v) is 10.4. The van der Waals surface area contributed by atoms with Crippen molar-refractivity contribution in [2.75, 3.05) is 19.4 Å². The fourth-order valence-electron chi connectivity index (χ4n) is 1.03. The van der Waals surface area contributed by atoms with Crippen LogP contribution in [-0.4, -0.2) is 25.5 Å². The van der Waals surface area contributed by atoms with Crippen LogP contribution in [0.3, 0.4) is 0 Å². The summed E-state index contributed by atoms with van der Waals surface area (Å²) in [5.74, 6) is 0. The molecule has 0 radical (unpaired) electrons. The molecule has 0 spiro atoms. The lowest BCUT2D eigenvalue weighted by atomic mass is 10.2. The van der Waals surface area contributed by atoms with Crippen molar-refractivity contribution in [3.05, 3.63) is 11.5 Å². The van der Waals surface area contributed by atoms with Gasteiger partial charge in [-0.1, -0.05) is 32.3 Å². The average molecular weight is 231 g/mol. The Morgan fingerprint density at radius 2 is 2.20 bits per heavy atom. The Bertz CT molecular complexity index is 183. The SMILES string of the molecule is CCCCCCOC(=O)NC/C=C/SC. The van der Waals surface area contributed by atoms with Gasteiger partial charge in [0.2, 0.25) is 0 Å². The van der Waals surface area contributed by atoms with E-state index >= 15 is 0 Å². The van der Waals surface area contributed by atoms with E-state index in [1.165, 1.54) is 12.8 Å². The predicted molar refractivity (Wildman–Crippen MR) is 66.1 cm³/mol. The van der Waals surface area contributed by atoms with E-state index in [0.717, 1.165) is 12.8 Å². The molecule has 4 heteroatoms. The standard InChI is InChI=1S/C11H21NO2S/c1-3-4-5-6-9-14-11(13)12-8-7-10-15-2/h7,10H,3-6,8-9H2,1-2H3,(H,12,13)/b10-7+. The third-order valence-corrected chi connectivity index (χ3v) is 2.29. The van der Waals surface area contributed by atoms with Crippen LogP contribution in [0.5, 0.6) is 0 Å². The van der Waals surface area contributed by atoms with Crippen LogP contribution >= 0.6 is 11.8 Å².